The molecule has 24 heavy (non-hydrogen) atoms. The van der Waals surface area contributed by atoms with Crippen molar-refractivity contribution in [1.82, 2.24) is 15.1 Å². The van der Waals surface area contributed by atoms with Crippen molar-refractivity contribution in [2.24, 2.45) is 11.7 Å². The minimum Gasteiger partial charge on any atom is -0.349 e. The number of carbonyl (C=O) groups is 1. The van der Waals surface area contributed by atoms with Crippen LogP contribution in [0.5, 0.6) is 0 Å². The van der Waals surface area contributed by atoms with Crippen molar-refractivity contribution in [3.63, 3.8) is 0 Å². The number of hydrogen-bond acceptors (Lipinski definition) is 3. The third kappa shape index (κ3) is 3.00. The lowest BCUT2D eigenvalue weighted by atomic mass is 10.1. The zero-order chi connectivity index (χ0) is 16.7. The van der Waals surface area contributed by atoms with Gasteiger partial charge in [0.1, 0.15) is 0 Å². The lowest BCUT2D eigenvalue weighted by Gasteiger charge is -2.11. The summed E-state index contributed by atoms with van der Waals surface area (Å²) in [6.07, 6.45) is 5.32. The van der Waals surface area contributed by atoms with Gasteiger partial charge in [-0.1, -0.05) is 22.0 Å². The van der Waals surface area contributed by atoms with Crippen molar-refractivity contribution >= 4 is 21.8 Å². The summed E-state index contributed by atoms with van der Waals surface area (Å²) in [4.78, 5) is 12.6. The fourth-order valence-corrected chi connectivity index (χ4v) is 3.81. The minimum absolute atomic E-state index is 0.0640. The maximum absolute atomic E-state index is 12.6. The number of rotatable bonds is 5. The first-order chi connectivity index (χ1) is 11.6. The van der Waals surface area contributed by atoms with Gasteiger partial charge in [0.05, 0.1) is 5.69 Å². The average Bonchev–Trinajstić information content (AvgIpc) is 3.20. The fraction of sp³-hybridized carbons (Fsp3) is 0.444. The van der Waals surface area contributed by atoms with Gasteiger partial charge in [0.2, 0.25) is 0 Å². The third-order valence-electron chi connectivity index (χ3n) is 4.92. The quantitative estimate of drug-likeness (QED) is 0.826. The lowest BCUT2D eigenvalue weighted by Crippen LogP contribution is -2.39. The number of fused-ring (bicyclic) bond motifs is 1. The molecule has 5 nitrogen and oxygen atoms in total. The molecule has 0 radical (unpaired) electrons. The first-order valence-corrected chi connectivity index (χ1v) is 9.33. The van der Waals surface area contributed by atoms with E-state index in [4.69, 9.17) is 5.73 Å². The van der Waals surface area contributed by atoms with Gasteiger partial charge >= 0.3 is 0 Å². The molecule has 2 aliphatic carbocycles. The van der Waals surface area contributed by atoms with E-state index in [0.29, 0.717) is 18.2 Å². The number of aromatic nitrogens is 2. The maximum Gasteiger partial charge on any atom is 0.272 e. The zero-order valence-corrected chi connectivity index (χ0v) is 15.1. The summed E-state index contributed by atoms with van der Waals surface area (Å²) >= 11 is 3.50. The Balaban J connectivity index is 1.59. The van der Waals surface area contributed by atoms with Crippen LogP contribution in [0.4, 0.5) is 0 Å². The highest BCUT2D eigenvalue weighted by molar-refractivity contribution is 9.10. The largest absolute Gasteiger partial charge is 0.349 e. The normalized spacial score (nSPS) is 17.6. The summed E-state index contributed by atoms with van der Waals surface area (Å²) in [5.41, 5.74) is 9.88. The van der Waals surface area contributed by atoms with Crippen molar-refractivity contribution in [2.45, 2.75) is 38.1 Å². The van der Waals surface area contributed by atoms with Crippen molar-refractivity contribution in [3.8, 4) is 5.69 Å². The van der Waals surface area contributed by atoms with E-state index in [2.05, 4.69) is 26.3 Å². The van der Waals surface area contributed by atoms with Crippen LogP contribution in [0.1, 0.15) is 41.0 Å². The van der Waals surface area contributed by atoms with Crippen LogP contribution in [0.25, 0.3) is 5.69 Å². The van der Waals surface area contributed by atoms with Crippen LogP contribution < -0.4 is 11.1 Å². The van der Waals surface area contributed by atoms with E-state index >= 15 is 0 Å². The van der Waals surface area contributed by atoms with E-state index in [1.54, 1.807) is 0 Å². The number of carbonyl (C=O) groups excluding carboxylic acids is 1. The first-order valence-electron chi connectivity index (χ1n) is 8.54. The van der Waals surface area contributed by atoms with E-state index in [1.807, 2.05) is 28.9 Å². The molecule has 0 spiro atoms. The van der Waals surface area contributed by atoms with Crippen LogP contribution in [-0.2, 0) is 12.8 Å². The van der Waals surface area contributed by atoms with Crippen molar-refractivity contribution in [1.29, 1.82) is 0 Å². The molecule has 1 heterocycles. The Morgan fingerprint density at radius 1 is 1.42 bits per heavy atom. The van der Waals surface area contributed by atoms with Gasteiger partial charge in [-0.2, -0.15) is 5.10 Å². The van der Waals surface area contributed by atoms with Crippen LogP contribution in [0.15, 0.2) is 28.7 Å². The van der Waals surface area contributed by atoms with Gasteiger partial charge in [-0.05, 0) is 56.2 Å². The molecule has 0 saturated heterocycles. The predicted octanol–water partition coefficient (Wildman–Crippen LogP) is 2.59. The van der Waals surface area contributed by atoms with Gasteiger partial charge in [-0.25, -0.2) is 4.68 Å². The molecule has 2 aromatic rings. The molecule has 6 heteroatoms. The molecule has 1 unspecified atom stereocenters. The zero-order valence-electron chi connectivity index (χ0n) is 13.5. The molecule has 3 N–H and O–H groups in total. The Morgan fingerprint density at radius 2 is 2.25 bits per heavy atom. The smallest absolute Gasteiger partial charge is 0.272 e. The van der Waals surface area contributed by atoms with Crippen LogP contribution in [-0.4, -0.2) is 28.3 Å². The van der Waals surface area contributed by atoms with Gasteiger partial charge in [0, 0.05) is 28.3 Å². The standard InChI is InChI=1S/C18H21BrN4O/c19-12-3-1-4-13(9-12)23-16-6-2-5-14(16)17(22-23)18(24)21-10-15(20)11-7-8-11/h1,3-4,9,11,15H,2,5-8,10,20H2,(H,21,24). The van der Waals surface area contributed by atoms with E-state index in [9.17, 15) is 4.79 Å². The summed E-state index contributed by atoms with van der Waals surface area (Å²) in [5.74, 6) is 0.480. The van der Waals surface area contributed by atoms with Crippen molar-refractivity contribution < 1.29 is 4.79 Å². The molecule has 1 fully saturated rings. The lowest BCUT2D eigenvalue weighted by molar-refractivity contribution is 0.0944. The second-order valence-corrected chi connectivity index (χ2v) is 7.65. The van der Waals surface area contributed by atoms with Gasteiger partial charge < -0.3 is 11.1 Å². The molecule has 1 atom stereocenters. The molecule has 126 valence electrons. The predicted molar refractivity (Wildman–Crippen MR) is 96.3 cm³/mol. The molecule has 2 aliphatic rings. The number of nitrogens with one attached hydrogen (secondary N) is 1. The molecular weight excluding hydrogens is 368 g/mol. The van der Waals surface area contributed by atoms with Gasteiger partial charge in [-0.3, -0.25) is 4.79 Å². The second-order valence-electron chi connectivity index (χ2n) is 6.73. The van der Waals surface area contributed by atoms with Crippen LogP contribution >= 0.6 is 15.9 Å². The number of hydrogen-bond donors (Lipinski definition) is 2. The summed E-state index contributed by atoms with van der Waals surface area (Å²) in [6, 6.07) is 8.07. The topological polar surface area (TPSA) is 72.9 Å². The Labute approximate surface area is 149 Å². The first kappa shape index (κ1) is 15.8. The monoisotopic (exact) mass is 388 g/mol. The Morgan fingerprint density at radius 3 is 3.00 bits per heavy atom. The minimum atomic E-state index is -0.0991. The molecule has 1 aromatic carbocycles. The molecule has 1 aromatic heterocycles. The Kier molecular flexibility index (Phi) is 4.18. The summed E-state index contributed by atoms with van der Waals surface area (Å²) in [7, 11) is 0. The second kappa shape index (κ2) is 6.33. The Hall–Kier alpha value is -1.66. The molecule has 0 aliphatic heterocycles. The van der Waals surface area contributed by atoms with E-state index in [0.717, 1.165) is 40.7 Å². The molecule has 4 rings (SSSR count). The Bertz CT molecular complexity index is 781. The summed E-state index contributed by atoms with van der Waals surface area (Å²) < 4.78 is 2.92. The molecule has 0 bridgehead atoms. The SMILES string of the molecule is NC(CNC(=O)c1nn(-c2cccc(Br)c2)c2c1CCC2)C1CC1. The fourth-order valence-electron chi connectivity index (χ4n) is 3.43. The number of benzene rings is 1. The van der Waals surface area contributed by atoms with Crippen LogP contribution in [0.3, 0.4) is 0 Å². The third-order valence-corrected chi connectivity index (χ3v) is 5.42. The average molecular weight is 389 g/mol. The van der Waals surface area contributed by atoms with Crippen LogP contribution in [0, 0.1) is 5.92 Å². The van der Waals surface area contributed by atoms with Gasteiger partial charge in [0.15, 0.2) is 5.69 Å². The molecule has 1 amide bonds. The van der Waals surface area contributed by atoms with Crippen molar-refractivity contribution in [3.05, 3.63) is 45.7 Å². The molecular formula is C18H21BrN4O. The highest BCUT2D eigenvalue weighted by Crippen LogP contribution is 2.31. The summed E-state index contributed by atoms with van der Waals surface area (Å²) in [5, 5.41) is 7.60. The van der Waals surface area contributed by atoms with Crippen molar-refractivity contribution in [2.75, 3.05) is 6.54 Å². The van der Waals surface area contributed by atoms with Gasteiger partial charge in [-0.15, -0.1) is 0 Å². The number of nitrogens with two attached hydrogens (primary N) is 1. The van der Waals surface area contributed by atoms with Gasteiger partial charge in [0.25, 0.3) is 5.91 Å². The van der Waals surface area contributed by atoms with Crippen LogP contribution in [0.2, 0.25) is 0 Å². The highest BCUT2D eigenvalue weighted by atomic mass is 79.9. The number of nitrogens with zero attached hydrogens (tertiary/aromatic N) is 2. The summed E-state index contributed by atoms with van der Waals surface area (Å²) in [6.45, 7) is 0.530. The van der Waals surface area contributed by atoms with E-state index in [1.165, 1.54) is 12.8 Å². The molecule has 1 saturated carbocycles. The maximum atomic E-state index is 12.6. The van der Waals surface area contributed by atoms with E-state index < -0.39 is 0 Å². The number of halogens is 1. The van der Waals surface area contributed by atoms with E-state index in [-0.39, 0.29) is 11.9 Å². The highest BCUT2D eigenvalue weighted by Gasteiger charge is 2.30. The number of amides is 1.